The monoisotopic (exact) mass is 473 g/mol. The molecule has 1 aromatic heterocycles. The summed E-state index contributed by atoms with van der Waals surface area (Å²) in [5.74, 6) is -0.811. The Balaban J connectivity index is 1.51. The van der Waals surface area contributed by atoms with Gasteiger partial charge in [-0.25, -0.2) is 18.1 Å². The molecule has 0 fully saturated rings. The zero-order valence-electron chi connectivity index (χ0n) is 16.2. The summed E-state index contributed by atoms with van der Waals surface area (Å²) in [5, 5.41) is 0.763. The van der Waals surface area contributed by atoms with Gasteiger partial charge in [-0.05, 0) is 36.4 Å². The number of hydrogen-bond donors (Lipinski definition) is 1. The number of para-hydroxylation sites is 1. The number of sulfonamides is 1. The van der Waals surface area contributed by atoms with Gasteiger partial charge in [0.15, 0.2) is 0 Å². The molecule has 7 nitrogen and oxygen atoms in total. The lowest BCUT2D eigenvalue weighted by molar-refractivity contribution is -0.274. The predicted octanol–water partition coefficient (Wildman–Crippen LogP) is 3.52. The number of aromatic nitrogens is 1. The smallest absolute Gasteiger partial charge is 0.406 e. The highest BCUT2D eigenvalue weighted by molar-refractivity contribution is 7.89. The Morgan fingerprint density at radius 3 is 2.48 bits per heavy atom. The van der Waals surface area contributed by atoms with E-state index in [2.05, 4.69) is 14.4 Å². The molecule has 0 aliphatic carbocycles. The number of nitrogens with zero attached hydrogens (tertiary/aromatic N) is 2. The van der Waals surface area contributed by atoms with Crippen molar-refractivity contribution in [2.75, 3.05) is 13.6 Å². The number of carbonyl (C=O) groups excluding carboxylic acids is 1. The lowest BCUT2D eigenvalue weighted by atomic mass is 10.3. The van der Waals surface area contributed by atoms with E-state index in [-0.39, 0.29) is 23.8 Å². The molecule has 0 aliphatic rings. The van der Waals surface area contributed by atoms with Gasteiger partial charge in [-0.2, -0.15) is 0 Å². The van der Waals surface area contributed by atoms with Gasteiger partial charge < -0.3 is 9.64 Å². The first-order valence-electron chi connectivity index (χ1n) is 8.97. The zero-order chi connectivity index (χ0) is 22.6. The second kappa shape index (κ2) is 9.20. The molecule has 166 valence electrons. The van der Waals surface area contributed by atoms with E-state index < -0.39 is 22.1 Å². The second-order valence-electron chi connectivity index (χ2n) is 6.49. The van der Waals surface area contributed by atoms with Crippen molar-refractivity contribution in [2.45, 2.75) is 24.2 Å². The summed E-state index contributed by atoms with van der Waals surface area (Å²) in [6.07, 6.45) is -4.95. The number of benzene rings is 2. The molecule has 1 amide bonds. The van der Waals surface area contributed by atoms with E-state index in [1.807, 2.05) is 24.3 Å². The number of ether oxygens (including phenoxy) is 1. The number of fused-ring (bicyclic) bond motifs is 1. The third kappa shape index (κ3) is 6.39. The highest BCUT2D eigenvalue weighted by atomic mass is 32.2. The van der Waals surface area contributed by atoms with E-state index in [1.165, 1.54) is 16.2 Å². The number of alkyl halides is 3. The van der Waals surface area contributed by atoms with Gasteiger partial charge in [-0.1, -0.05) is 12.1 Å². The Kier molecular flexibility index (Phi) is 6.82. The minimum atomic E-state index is -4.86. The van der Waals surface area contributed by atoms with Gasteiger partial charge in [0.2, 0.25) is 15.9 Å². The number of carbonyl (C=O) groups is 1. The standard InChI is InChI=1S/C19H18F3N3O4S2/c1-25(12-17-24-15-4-2-3-5-16(15)30-17)18(26)10-11-23-31(27,28)14-8-6-13(7-9-14)29-19(20,21)22/h2-9,23H,10-12H2,1H3. The number of thiazole rings is 1. The van der Waals surface area contributed by atoms with Gasteiger partial charge in [0, 0.05) is 20.0 Å². The van der Waals surface area contributed by atoms with Crippen LogP contribution in [0.4, 0.5) is 13.2 Å². The highest BCUT2D eigenvalue weighted by Gasteiger charge is 2.31. The first kappa shape index (κ1) is 23.0. The van der Waals surface area contributed by atoms with E-state index in [0.29, 0.717) is 6.54 Å². The summed E-state index contributed by atoms with van der Waals surface area (Å²) in [6, 6.07) is 11.4. The Morgan fingerprint density at radius 2 is 1.84 bits per heavy atom. The minimum Gasteiger partial charge on any atom is -0.406 e. The number of hydrogen-bond acceptors (Lipinski definition) is 6. The second-order valence-corrected chi connectivity index (χ2v) is 9.37. The third-order valence-corrected chi connectivity index (χ3v) is 6.63. The Labute approximate surface area is 180 Å². The van der Waals surface area contributed by atoms with Crippen LogP contribution in [-0.2, 0) is 21.4 Å². The number of rotatable bonds is 8. The van der Waals surface area contributed by atoms with Crippen molar-refractivity contribution >= 4 is 37.5 Å². The number of amides is 1. The Morgan fingerprint density at radius 1 is 1.16 bits per heavy atom. The SMILES string of the molecule is CN(Cc1nc2ccccc2s1)C(=O)CCNS(=O)(=O)c1ccc(OC(F)(F)F)cc1. The molecule has 0 atom stereocenters. The van der Waals surface area contributed by atoms with E-state index in [9.17, 15) is 26.4 Å². The topological polar surface area (TPSA) is 88.6 Å². The molecule has 1 heterocycles. The molecule has 0 spiro atoms. The fourth-order valence-electron chi connectivity index (χ4n) is 2.67. The minimum absolute atomic E-state index is 0.0874. The van der Waals surface area contributed by atoms with Crippen LogP contribution in [0.25, 0.3) is 10.2 Å². The van der Waals surface area contributed by atoms with E-state index in [4.69, 9.17) is 0 Å². The fourth-order valence-corrected chi connectivity index (χ4v) is 4.72. The summed E-state index contributed by atoms with van der Waals surface area (Å²) >= 11 is 1.48. The van der Waals surface area contributed by atoms with Crippen LogP contribution in [0.3, 0.4) is 0 Å². The molecule has 12 heteroatoms. The molecular weight excluding hydrogens is 455 g/mol. The summed E-state index contributed by atoms with van der Waals surface area (Å²) in [7, 11) is -2.39. The van der Waals surface area contributed by atoms with Crippen molar-refractivity contribution in [1.82, 2.24) is 14.6 Å². The predicted molar refractivity (Wildman–Crippen MR) is 109 cm³/mol. The molecule has 3 aromatic rings. The average Bonchev–Trinajstić information content (AvgIpc) is 3.09. The van der Waals surface area contributed by atoms with Crippen LogP contribution < -0.4 is 9.46 Å². The van der Waals surface area contributed by atoms with Crippen molar-refractivity contribution in [3.8, 4) is 5.75 Å². The van der Waals surface area contributed by atoms with Gasteiger partial charge in [0.05, 0.1) is 21.7 Å². The van der Waals surface area contributed by atoms with E-state index >= 15 is 0 Å². The lowest BCUT2D eigenvalue weighted by Crippen LogP contribution is -2.31. The Hall–Kier alpha value is -2.70. The summed E-state index contributed by atoms with van der Waals surface area (Å²) in [6.45, 7) is 0.137. The third-order valence-electron chi connectivity index (χ3n) is 4.13. The maximum absolute atomic E-state index is 12.3. The maximum Gasteiger partial charge on any atom is 0.573 e. The maximum atomic E-state index is 12.3. The van der Waals surface area contributed by atoms with Crippen LogP contribution in [0.5, 0.6) is 5.75 Å². The van der Waals surface area contributed by atoms with E-state index in [0.717, 1.165) is 39.5 Å². The zero-order valence-corrected chi connectivity index (χ0v) is 17.9. The van der Waals surface area contributed by atoms with Crippen LogP contribution in [-0.4, -0.2) is 44.2 Å². The van der Waals surface area contributed by atoms with Crippen molar-refractivity contribution in [3.05, 3.63) is 53.5 Å². The largest absolute Gasteiger partial charge is 0.573 e. The van der Waals surface area contributed by atoms with Gasteiger partial charge in [-0.15, -0.1) is 24.5 Å². The molecule has 2 aromatic carbocycles. The van der Waals surface area contributed by atoms with E-state index in [1.54, 1.807) is 7.05 Å². The molecule has 0 bridgehead atoms. The number of nitrogens with one attached hydrogen (secondary N) is 1. The lowest BCUT2D eigenvalue weighted by Gasteiger charge is -2.16. The van der Waals surface area contributed by atoms with Crippen molar-refractivity contribution in [3.63, 3.8) is 0 Å². The van der Waals surface area contributed by atoms with Crippen molar-refractivity contribution in [1.29, 1.82) is 0 Å². The van der Waals surface area contributed by atoms with Gasteiger partial charge in [0.1, 0.15) is 10.8 Å². The first-order chi connectivity index (χ1) is 14.5. The van der Waals surface area contributed by atoms with Gasteiger partial charge in [0.25, 0.3) is 0 Å². The molecule has 1 N–H and O–H groups in total. The van der Waals surface area contributed by atoms with Crippen molar-refractivity contribution in [2.24, 2.45) is 0 Å². The molecule has 0 radical (unpaired) electrons. The number of halogens is 3. The normalized spacial score (nSPS) is 12.1. The van der Waals surface area contributed by atoms with Crippen LogP contribution in [0.15, 0.2) is 53.4 Å². The van der Waals surface area contributed by atoms with Gasteiger partial charge >= 0.3 is 6.36 Å². The van der Waals surface area contributed by atoms with Crippen LogP contribution in [0, 0.1) is 0 Å². The summed E-state index contributed by atoms with van der Waals surface area (Å²) < 4.78 is 68.1. The molecule has 3 rings (SSSR count). The molecule has 0 saturated carbocycles. The Bertz CT molecular complexity index is 1130. The molecule has 0 unspecified atom stereocenters. The molecular formula is C19H18F3N3O4S2. The van der Waals surface area contributed by atoms with Crippen LogP contribution in [0.1, 0.15) is 11.4 Å². The molecule has 31 heavy (non-hydrogen) atoms. The first-order valence-corrected chi connectivity index (χ1v) is 11.3. The van der Waals surface area contributed by atoms with Crippen LogP contribution >= 0.6 is 11.3 Å². The fraction of sp³-hybridized carbons (Fsp3) is 0.263. The summed E-state index contributed by atoms with van der Waals surface area (Å²) in [4.78, 5) is 18.0. The summed E-state index contributed by atoms with van der Waals surface area (Å²) in [5.41, 5.74) is 0.850. The highest BCUT2D eigenvalue weighted by Crippen LogP contribution is 2.24. The molecule has 0 aliphatic heterocycles. The average molecular weight is 473 g/mol. The molecule has 0 saturated heterocycles. The van der Waals surface area contributed by atoms with Gasteiger partial charge in [-0.3, -0.25) is 4.79 Å². The van der Waals surface area contributed by atoms with Crippen molar-refractivity contribution < 1.29 is 31.1 Å². The van der Waals surface area contributed by atoms with Crippen LogP contribution in [0.2, 0.25) is 0 Å². The quantitative estimate of drug-likeness (QED) is 0.541.